The van der Waals surface area contributed by atoms with Crippen molar-refractivity contribution in [3.8, 4) is 17.2 Å². The maximum absolute atomic E-state index is 14.6. The molecule has 1 amide bonds. The van der Waals surface area contributed by atoms with Gasteiger partial charge in [0.15, 0.2) is 21.5 Å². The summed E-state index contributed by atoms with van der Waals surface area (Å²) in [6.07, 6.45) is -0.203. The first-order valence-electron chi connectivity index (χ1n) is 15.8. The Labute approximate surface area is 295 Å². The summed E-state index contributed by atoms with van der Waals surface area (Å²) < 4.78 is 51.0. The van der Waals surface area contributed by atoms with Crippen molar-refractivity contribution in [2.75, 3.05) is 39.7 Å². The molecule has 4 aromatic carbocycles. The van der Waals surface area contributed by atoms with Crippen LogP contribution in [0.5, 0.6) is 17.2 Å². The number of nitrogens with one attached hydrogen (secondary N) is 1. The highest BCUT2D eigenvalue weighted by atomic mass is 79.9. The van der Waals surface area contributed by atoms with Gasteiger partial charge in [-0.25, -0.2) is 13.4 Å². The first kappa shape index (κ1) is 35.9. The second kappa shape index (κ2) is 16.3. The number of methoxy groups -OCH3 is 2. The topological polar surface area (TPSA) is 133 Å². The average Bonchev–Trinajstić information content (AvgIpc) is 3.52. The van der Waals surface area contributed by atoms with E-state index in [0.29, 0.717) is 52.3 Å². The lowest BCUT2D eigenvalue weighted by Crippen LogP contribution is -2.49. The molecule has 0 unspecified atom stereocenters. The van der Waals surface area contributed by atoms with E-state index in [2.05, 4.69) is 21.2 Å². The molecule has 12 heteroatoms. The molecular formula is C37H39BrN2O8S. The quantitative estimate of drug-likeness (QED) is 0.139. The van der Waals surface area contributed by atoms with Crippen molar-refractivity contribution in [2.45, 2.75) is 35.8 Å². The molecule has 0 fully saturated rings. The molecule has 2 atom stereocenters. The van der Waals surface area contributed by atoms with Gasteiger partial charge < -0.3 is 29.4 Å². The van der Waals surface area contributed by atoms with Gasteiger partial charge in [0.2, 0.25) is 5.90 Å². The van der Waals surface area contributed by atoms with Crippen LogP contribution in [-0.2, 0) is 25.8 Å². The van der Waals surface area contributed by atoms with E-state index in [1.54, 1.807) is 80.9 Å². The van der Waals surface area contributed by atoms with Crippen LogP contribution >= 0.6 is 15.9 Å². The van der Waals surface area contributed by atoms with Crippen molar-refractivity contribution in [1.29, 1.82) is 0 Å². The van der Waals surface area contributed by atoms with Crippen LogP contribution in [0, 0.1) is 0 Å². The van der Waals surface area contributed by atoms with Crippen LogP contribution in [0.2, 0.25) is 0 Å². The first-order chi connectivity index (χ1) is 23.7. The molecule has 0 saturated carbocycles. The van der Waals surface area contributed by atoms with Crippen LogP contribution in [0.3, 0.4) is 0 Å². The Hall–Kier alpha value is -4.39. The third kappa shape index (κ3) is 8.44. The lowest BCUT2D eigenvalue weighted by Gasteiger charge is -2.31. The number of halogens is 1. The highest BCUT2D eigenvalue weighted by Crippen LogP contribution is 2.45. The van der Waals surface area contributed by atoms with E-state index in [-0.39, 0.29) is 36.1 Å². The zero-order valence-corrected chi connectivity index (χ0v) is 29.7. The maximum atomic E-state index is 14.6. The normalized spacial score (nSPS) is 17.1. The van der Waals surface area contributed by atoms with Gasteiger partial charge in [0.05, 0.1) is 31.5 Å². The van der Waals surface area contributed by atoms with Crippen molar-refractivity contribution < 1.29 is 37.3 Å². The minimum Gasteiger partial charge on any atom is -0.497 e. The smallest absolute Gasteiger partial charge is 0.252 e. The number of aliphatic hydroxyl groups excluding tert-OH is 1. The molecule has 258 valence electrons. The van der Waals surface area contributed by atoms with E-state index < -0.39 is 27.4 Å². The Bertz CT molecular complexity index is 1870. The van der Waals surface area contributed by atoms with Gasteiger partial charge in [-0.2, -0.15) is 0 Å². The van der Waals surface area contributed by atoms with E-state index in [4.69, 9.17) is 29.0 Å². The number of hydrogen-bond donors (Lipinski definition) is 2. The summed E-state index contributed by atoms with van der Waals surface area (Å²) >= 11 is 3.62. The third-order valence-electron chi connectivity index (χ3n) is 8.24. The van der Waals surface area contributed by atoms with E-state index >= 15 is 0 Å². The van der Waals surface area contributed by atoms with Crippen molar-refractivity contribution in [1.82, 2.24) is 5.32 Å². The number of rotatable bonds is 16. The number of nitrogens with zero attached hydrogens (tertiary/aromatic N) is 1. The van der Waals surface area contributed by atoms with Gasteiger partial charge in [0.25, 0.3) is 5.91 Å². The van der Waals surface area contributed by atoms with E-state index in [9.17, 15) is 13.2 Å². The molecular weight excluding hydrogens is 712 g/mol. The minimum atomic E-state index is -3.80. The SMILES string of the molecule is COc1ccc(OC)c(CCNC(=O)[C@]2(CCS(=O)(=O)c3ccccc3)N=C(c3ccc(OCCCO)cc3)O[C@@H]2c2ccccc2Br)c1. The summed E-state index contributed by atoms with van der Waals surface area (Å²) in [5, 5.41) is 12.1. The lowest BCUT2D eigenvalue weighted by molar-refractivity contribution is -0.129. The van der Waals surface area contributed by atoms with Crippen molar-refractivity contribution in [2.24, 2.45) is 4.99 Å². The van der Waals surface area contributed by atoms with E-state index in [1.807, 2.05) is 30.3 Å². The molecule has 1 heterocycles. The third-order valence-corrected chi connectivity index (χ3v) is 10.7. The number of sulfone groups is 1. The van der Waals surface area contributed by atoms with Crippen LogP contribution in [0.15, 0.2) is 111 Å². The zero-order valence-electron chi connectivity index (χ0n) is 27.3. The summed E-state index contributed by atoms with van der Waals surface area (Å²) in [5.74, 6) is 1.28. The fourth-order valence-corrected chi connectivity index (χ4v) is 7.49. The number of carbonyl (C=O) groups is 1. The van der Waals surface area contributed by atoms with Crippen LogP contribution in [-0.4, -0.2) is 70.6 Å². The number of aliphatic hydroxyl groups is 1. The monoisotopic (exact) mass is 750 g/mol. The molecule has 10 nitrogen and oxygen atoms in total. The van der Waals surface area contributed by atoms with Gasteiger partial charge in [-0.1, -0.05) is 52.3 Å². The molecule has 0 aromatic heterocycles. The summed E-state index contributed by atoms with van der Waals surface area (Å²) in [7, 11) is -0.638. The minimum absolute atomic E-state index is 0.0242. The second-order valence-corrected chi connectivity index (χ2v) is 14.3. The van der Waals surface area contributed by atoms with Gasteiger partial charge in [-0.3, -0.25) is 4.79 Å². The van der Waals surface area contributed by atoms with Gasteiger partial charge >= 0.3 is 0 Å². The molecule has 0 spiro atoms. The Morgan fingerprint density at radius 3 is 2.37 bits per heavy atom. The van der Waals surface area contributed by atoms with Crippen LogP contribution in [0.4, 0.5) is 0 Å². The van der Waals surface area contributed by atoms with Crippen molar-refractivity contribution in [3.05, 3.63) is 118 Å². The molecule has 0 aliphatic carbocycles. The number of benzene rings is 4. The Kier molecular flexibility index (Phi) is 12.0. The predicted octanol–water partition coefficient (Wildman–Crippen LogP) is 5.71. The Morgan fingerprint density at radius 2 is 1.67 bits per heavy atom. The second-order valence-electron chi connectivity index (χ2n) is 11.4. The maximum Gasteiger partial charge on any atom is 0.252 e. The lowest BCUT2D eigenvalue weighted by atomic mass is 9.85. The number of carbonyl (C=O) groups excluding carboxylic acids is 1. The van der Waals surface area contributed by atoms with E-state index in [1.165, 1.54) is 0 Å². The molecule has 4 aromatic rings. The fraction of sp³-hybridized carbons (Fsp3) is 0.297. The van der Waals surface area contributed by atoms with Gasteiger partial charge in [-0.05, 0) is 72.6 Å². The molecule has 2 N–H and O–H groups in total. The van der Waals surface area contributed by atoms with Crippen LogP contribution < -0.4 is 19.5 Å². The standard InChI is InChI=1S/C37H39BrN2O8S/c1-45-29-17-18-33(46-2)27(25-29)19-21-39-36(42)37(20-24-49(43,44)30-9-4-3-5-10-30)34(31-11-6-7-12-32(31)38)48-35(40-37)26-13-15-28(16-14-26)47-23-8-22-41/h3-7,9-18,25,34,41H,8,19-24H2,1-2H3,(H,39,42)/t34-,37-/m1/s1. The first-order valence-corrected chi connectivity index (χ1v) is 18.3. The Morgan fingerprint density at radius 1 is 0.959 bits per heavy atom. The number of hydrogen-bond acceptors (Lipinski definition) is 9. The summed E-state index contributed by atoms with van der Waals surface area (Å²) in [5.41, 5.74) is 0.411. The van der Waals surface area contributed by atoms with E-state index in [0.717, 1.165) is 5.56 Å². The zero-order chi connectivity index (χ0) is 34.9. The summed E-state index contributed by atoms with van der Waals surface area (Å²) in [4.78, 5) is 19.7. The molecule has 5 rings (SSSR count). The van der Waals surface area contributed by atoms with Crippen molar-refractivity contribution >= 4 is 37.6 Å². The predicted molar refractivity (Wildman–Crippen MR) is 190 cm³/mol. The number of aliphatic imine (C=N–C) groups is 1. The summed E-state index contributed by atoms with van der Waals surface area (Å²) in [6, 6.07) is 28.0. The molecule has 1 aliphatic heterocycles. The molecule has 0 saturated heterocycles. The number of amides is 1. The Balaban J connectivity index is 1.53. The number of ether oxygens (including phenoxy) is 4. The average molecular weight is 752 g/mol. The van der Waals surface area contributed by atoms with Crippen molar-refractivity contribution in [3.63, 3.8) is 0 Å². The molecule has 49 heavy (non-hydrogen) atoms. The van der Waals surface area contributed by atoms with Gasteiger partial charge in [0, 0.05) is 41.6 Å². The molecule has 0 bridgehead atoms. The van der Waals surface area contributed by atoms with Gasteiger partial charge in [-0.15, -0.1) is 0 Å². The highest BCUT2D eigenvalue weighted by Gasteiger charge is 2.54. The van der Waals surface area contributed by atoms with Crippen LogP contribution in [0.25, 0.3) is 0 Å². The van der Waals surface area contributed by atoms with Crippen LogP contribution in [0.1, 0.15) is 35.6 Å². The fourth-order valence-electron chi connectivity index (χ4n) is 5.61. The molecule has 1 aliphatic rings. The molecule has 0 radical (unpaired) electrons. The van der Waals surface area contributed by atoms with Gasteiger partial charge in [0.1, 0.15) is 17.2 Å². The largest absolute Gasteiger partial charge is 0.497 e. The highest BCUT2D eigenvalue weighted by molar-refractivity contribution is 9.10. The summed E-state index contributed by atoms with van der Waals surface area (Å²) in [6.45, 7) is 0.595.